The lowest BCUT2D eigenvalue weighted by atomic mass is 9.81. The summed E-state index contributed by atoms with van der Waals surface area (Å²) in [5.74, 6) is -0.0170. The van der Waals surface area contributed by atoms with Crippen LogP contribution in [0.15, 0.2) is 64.3 Å². The highest BCUT2D eigenvalue weighted by molar-refractivity contribution is 9.10. The number of halogens is 4. The van der Waals surface area contributed by atoms with Crippen molar-refractivity contribution in [3.63, 3.8) is 0 Å². The molecule has 0 radical (unpaired) electrons. The van der Waals surface area contributed by atoms with Gasteiger partial charge in [0.15, 0.2) is 0 Å². The molecule has 1 amide bonds. The zero-order valence-electron chi connectivity index (χ0n) is 24.7. The molecule has 1 N–H and O–H groups in total. The lowest BCUT2D eigenvalue weighted by Crippen LogP contribution is -2.46. The molecule has 0 bridgehead atoms. The standard InChI is InChI=1S/C33H30BrF3N6O2/c1-18-12-25-28(16-41(18)31(44)22-8-11-27(34)26(14-22)33(35,36)37)43-30(23(15-40-43)13-20-4-3-5-20)42(32(25)45)24-9-6-21(7-10-24)29-19(2)38-17-39-29/h6-11,14-15,17-18,20H,3-5,12-13,16H2,1-2H3,(H,38,39)/t18-/m0/s1. The molecule has 0 unspecified atom stereocenters. The molecule has 7 rings (SSSR count). The van der Waals surface area contributed by atoms with Gasteiger partial charge in [-0.3, -0.25) is 14.2 Å². The van der Waals surface area contributed by atoms with E-state index in [0.717, 1.165) is 47.8 Å². The lowest BCUT2D eigenvalue weighted by molar-refractivity contribution is -0.138. The van der Waals surface area contributed by atoms with Crippen LogP contribution in [0.4, 0.5) is 13.2 Å². The first-order chi connectivity index (χ1) is 21.5. The first-order valence-corrected chi connectivity index (χ1v) is 15.7. The van der Waals surface area contributed by atoms with E-state index >= 15 is 0 Å². The zero-order chi connectivity index (χ0) is 31.6. The van der Waals surface area contributed by atoms with Crippen molar-refractivity contribution in [1.82, 2.24) is 29.0 Å². The number of benzene rings is 2. The summed E-state index contributed by atoms with van der Waals surface area (Å²) in [6, 6.07) is 10.8. The summed E-state index contributed by atoms with van der Waals surface area (Å²) in [5.41, 5.74) is 5.00. The van der Waals surface area contributed by atoms with Crippen LogP contribution in [0.1, 0.15) is 64.6 Å². The van der Waals surface area contributed by atoms with Gasteiger partial charge >= 0.3 is 6.18 Å². The molecule has 2 aromatic carbocycles. The van der Waals surface area contributed by atoms with Crippen molar-refractivity contribution >= 4 is 27.5 Å². The van der Waals surface area contributed by atoms with Crippen molar-refractivity contribution in [3.05, 3.63) is 103 Å². The Morgan fingerprint density at radius 2 is 1.89 bits per heavy atom. The number of hydrogen-bond acceptors (Lipinski definition) is 4. The number of aromatic amines is 1. The van der Waals surface area contributed by atoms with Gasteiger partial charge < -0.3 is 9.88 Å². The summed E-state index contributed by atoms with van der Waals surface area (Å²) in [6.45, 7) is 3.78. The van der Waals surface area contributed by atoms with E-state index in [2.05, 4.69) is 25.9 Å². The van der Waals surface area contributed by atoms with E-state index in [0.29, 0.717) is 28.5 Å². The molecule has 5 aromatic rings. The van der Waals surface area contributed by atoms with Crippen LogP contribution in [0, 0.1) is 12.8 Å². The Balaban J connectivity index is 1.33. The third kappa shape index (κ3) is 5.08. The quantitative estimate of drug-likeness (QED) is 0.219. The Morgan fingerprint density at radius 3 is 2.53 bits per heavy atom. The second kappa shape index (κ2) is 11.0. The summed E-state index contributed by atoms with van der Waals surface area (Å²) in [6.07, 6.45) is 3.29. The molecule has 8 nitrogen and oxygen atoms in total. The molecular formula is C33H30BrF3N6O2. The number of carbonyl (C=O) groups is 1. The molecule has 1 atom stereocenters. The molecule has 0 spiro atoms. The molecular weight excluding hydrogens is 649 g/mol. The maximum atomic E-state index is 14.4. The number of alkyl halides is 3. The highest BCUT2D eigenvalue weighted by Crippen LogP contribution is 2.37. The number of nitrogens with zero attached hydrogens (tertiary/aromatic N) is 5. The number of rotatable bonds is 5. The maximum Gasteiger partial charge on any atom is 0.417 e. The number of nitrogens with one attached hydrogen (secondary N) is 1. The predicted octanol–water partition coefficient (Wildman–Crippen LogP) is 6.89. The normalized spacial score (nSPS) is 17.0. The van der Waals surface area contributed by atoms with Crippen LogP contribution in [0.25, 0.3) is 22.6 Å². The van der Waals surface area contributed by atoms with E-state index in [4.69, 9.17) is 5.10 Å². The molecule has 232 valence electrons. The van der Waals surface area contributed by atoms with E-state index in [1.165, 1.54) is 23.5 Å². The average Bonchev–Trinajstić information content (AvgIpc) is 3.61. The van der Waals surface area contributed by atoms with Crippen molar-refractivity contribution in [1.29, 1.82) is 0 Å². The number of hydrogen-bond donors (Lipinski definition) is 1. The van der Waals surface area contributed by atoms with Gasteiger partial charge in [0.2, 0.25) is 0 Å². The zero-order valence-corrected chi connectivity index (χ0v) is 26.2. The van der Waals surface area contributed by atoms with Gasteiger partial charge in [0.25, 0.3) is 11.5 Å². The monoisotopic (exact) mass is 678 g/mol. The molecule has 12 heteroatoms. The molecule has 0 saturated heterocycles. The minimum absolute atomic E-state index is 0.0436. The van der Waals surface area contributed by atoms with E-state index < -0.39 is 23.7 Å². The van der Waals surface area contributed by atoms with Crippen LogP contribution in [0.3, 0.4) is 0 Å². The topological polar surface area (TPSA) is 88.3 Å². The fraction of sp³-hybridized carbons (Fsp3) is 0.333. The Labute approximate surface area is 265 Å². The minimum atomic E-state index is -4.62. The number of amides is 1. The van der Waals surface area contributed by atoms with Crippen LogP contribution in [-0.4, -0.2) is 41.0 Å². The SMILES string of the molecule is Cc1nc[nH]c1-c1ccc(-n2c(=O)c3c(n4ncc(CC5CCC5)c24)CN(C(=O)c2ccc(Br)c(C(F)(F)F)c2)[C@@H](C)C3)cc1. The fourth-order valence-corrected chi connectivity index (χ4v) is 6.99. The first-order valence-electron chi connectivity index (χ1n) is 14.9. The van der Waals surface area contributed by atoms with Gasteiger partial charge in [-0.2, -0.15) is 18.3 Å². The largest absolute Gasteiger partial charge is 0.417 e. The van der Waals surface area contributed by atoms with Crippen LogP contribution in [0.5, 0.6) is 0 Å². The van der Waals surface area contributed by atoms with Crippen LogP contribution in [-0.2, 0) is 25.6 Å². The van der Waals surface area contributed by atoms with Crippen LogP contribution < -0.4 is 5.56 Å². The number of fused-ring (bicyclic) bond motifs is 3. The number of aromatic nitrogens is 5. The van der Waals surface area contributed by atoms with Crippen molar-refractivity contribution in [2.45, 2.75) is 64.7 Å². The lowest BCUT2D eigenvalue weighted by Gasteiger charge is -2.35. The average molecular weight is 680 g/mol. The van der Waals surface area contributed by atoms with Gasteiger partial charge in [-0.25, -0.2) is 9.50 Å². The second-order valence-electron chi connectivity index (χ2n) is 12.1. The van der Waals surface area contributed by atoms with E-state index in [1.54, 1.807) is 21.6 Å². The van der Waals surface area contributed by atoms with Crippen LogP contribution >= 0.6 is 15.9 Å². The Hall–Kier alpha value is -4.19. The first kappa shape index (κ1) is 29.5. The van der Waals surface area contributed by atoms with E-state index in [9.17, 15) is 22.8 Å². The van der Waals surface area contributed by atoms with E-state index in [-0.39, 0.29) is 28.6 Å². The van der Waals surface area contributed by atoms with Crippen molar-refractivity contribution < 1.29 is 18.0 Å². The smallest absolute Gasteiger partial charge is 0.344 e. The van der Waals surface area contributed by atoms with Crippen molar-refractivity contribution in [3.8, 4) is 16.9 Å². The molecule has 1 fully saturated rings. The van der Waals surface area contributed by atoms with Crippen molar-refractivity contribution in [2.24, 2.45) is 5.92 Å². The fourth-order valence-electron chi connectivity index (χ4n) is 6.52. The highest BCUT2D eigenvalue weighted by Gasteiger charge is 2.36. The summed E-state index contributed by atoms with van der Waals surface area (Å²) in [5, 5.41) is 4.74. The summed E-state index contributed by atoms with van der Waals surface area (Å²) < 4.78 is 44.2. The number of carbonyl (C=O) groups excluding carboxylic acids is 1. The van der Waals surface area contributed by atoms with Crippen LogP contribution in [0.2, 0.25) is 0 Å². The van der Waals surface area contributed by atoms with Gasteiger partial charge in [0.1, 0.15) is 5.65 Å². The maximum absolute atomic E-state index is 14.4. The minimum Gasteiger partial charge on any atom is -0.344 e. The number of imidazole rings is 1. The molecule has 4 heterocycles. The number of aryl methyl sites for hydroxylation is 1. The second-order valence-corrected chi connectivity index (χ2v) is 12.9. The Morgan fingerprint density at radius 1 is 1.13 bits per heavy atom. The number of H-pyrrole nitrogens is 1. The molecule has 3 aromatic heterocycles. The molecule has 2 aliphatic rings. The van der Waals surface area contributed by atoms with Gasteiger partial charge in [-0.05, 0) is 68.5 Å². The van der Waals surface area contributed by atoms with E-state index in [1.807, 2.05) is 38.1 Å². The molecule has 1 saturated carbocycles. The summed E-state index contributed by atoms with van der Waals surface area (Å²) in [4.78, 5) is 37.0. The Kier molecular flexibility index (Phi) is 7.22. The Bertz CT molecular complexity index is 2010. The predicted molar refractivity (Wildman–Crippen MR) is 166 cm³/mol. The van der Waals surface area contributed by atoms with Gasteiger partial charge in [0.05, 0.1) is 47.4 Å². The highest BCUT2D eigenvalue weighted by atomic mass is 79.9. The van der Waals surface area contributed by atoms with Crippen molar-refractivity contribution in [2.75, 3.05) is 0 Å². The van der Waals surface area contributed by atoms with Gasteiger partial charge in [-0.1, -0.05) is 47.3 Å². The third-order valence-corrected chi connectivity index (χ3v) is 9.89. The summed E-state index contributed by atoms with van der Waals surface area (Å²) >= 11 is 2.95. The molecule has 1 aliphatic heterocycles. The molecule has 1 aliphatic carbocycles. The van der Waals surface area contributed by atoms with Gasteiger partial charge in [-0.15, -0.1) is 0 Å². The molecule has 45 heavy (non-hydrogen) atoms. The van der Waals surface area contributed by atoms with Gasteiger partial charge in [0, 0.05) is 27.2 Å². The third-order valence-electron chi connectivity index (χ3n) is 9.20. The summed E-state index contributed by atoms with van der Waals surface area (Å²) in [7, 11) is 0.